The average molecular weight is 466 g/mol. The molecule has 0 radical (unpaired) electrons. The van der Waals surface area contributed by atoms with E-state index in [-0.39, 0.29) is 6.10 Å². The van der Waals surface area contributed by atoms with Crippen LogP contribution in [-0.2, 0) is 9.53 Å². The molecule has 1 atom stereocenters. The molecular formula is C24H28FN7O2. The number of benzene rings is 1. The Morgan fingerprint density at radius 2 is 1.94 bits per heavy atom. The zero-order valence-corrected chi connectivity index (χ0v) is 18.9. The number of anilines is 2. The fourth-order valence-electron chi connectivity index (χ4n) is 4.35. The molecule has 0 bridgehead atoms. The molecule has 2 aliphatic rings. The van der Waals surface area contributed by atoms with E-state index >= 15 is 0 Å². The third kappa shape index (κ3) is 4.92. The number of alkyl halides is 1. The number of ether oxygens (including phenoxy) is 1. The molecule has 2 fully saturated rings. The van der Waals surface area contributed by atoms with Gasteiger partial charge in [-0.05, 0) is 18.2 Å². The van der Waals surface area contributed by atoms with Crippen molar-refractivity contribution in [3.63, 3.8) is 0 Å². The van der Waals surface area contributed by atoms with Gasteiger partial charge in [0.1, 0.15) is 5.52 Å². The number of carbonyl (C=O) groups is 1. The van der Waals surface area contributed by atoms with E-state index in [0.29, 0.717) is 45.1 Å². The number of morpholine rings is 1. The number of rotatable bonds is 6. The van der Waals surface area contributed by atoms with Gasteiger partial charge in [0.2, 0.25) is 0 Å². The van der Waals surface area contributed by atoms with Crippen molar-refractivity contribution in [2.24, 2.45) is 0 Å². The van der Waals surface area contributed by atoms with Crippen molar-refractivity contribution in [1.29, 1.82) is 0 Å². The number of nitrogens with zero attached hydrogens (tertiary/aromatic N) is 5. The Kier molecular flexibility index (Phi) is 6.77. The van der Waals surface area contributed by atoms with Gasteiger partial charge in [-0.3, -0.25) is 9.78 Å². The topological polar surface area (TPSA) is 95.5 Å². The molecule has 0 unspecified atom stereocenters. The Labute approximate surface area is 197 Å². The molecule has 0 saturated carbocycles. The van der Waals surface area contributed by atoms with Crippen molar-refractivity contribution >= 4 is 28.4 Å². The van der Waals surface area contributed by atoms with Crippen molar-refractivity contribution in [2.75, 3.05) is 69.3 Å². The van der Waals surface area contributed by atoms with Crippen LogP contribution in [0.15, 0.2) is 42.7 Å². The highest BCUT2D eigenvalue weighted by atomic mass is 19.1. The van der Waals surface area contributed by atoms with Gasteiger partial charge in [0, 0.05) is 69.5 Å². The molecule has 1 amide bonds. The summed E-state index contributed by atoms with van der Waals surface area (Å²) in [5, 5.41) is 6.74. The minimum atomic E-state index is -0.931. The van der Waals surface area contributed by atoms with Gasteiger partial charge in [0.25, 0.3) is 5.91 Å². The molecule has 3 aromatic rings. The van der Waals surface area contributed by atoms with Gasteiger partial charge >= 0.3 is 0 Å². The van der Waals surface area contributed by atoms with Crippen LogP contribution < -0.4 is 15.5 Å². The van der Waals surface area contributed by atoms with E-state index in [1.807, 2.05) is 18.2 Å². The number of hydrogen-bond donors (Lipinski definition) is 2. The molecule has 34 heavy (non-hydrogen) atoms. The zero-order chi connectivity index (χ0) is 23.3. The summed E-state index contributed by atoms with van der Waals surface area (Å²) < 4.78 is 18.4. The van der Waals surface area contributed by atoms with Crippen LogP contribution in [0.2, 0.25) is 0 Å². The number of amides is 1. The van der Waals surface area contributed by atoms with Gasteiger partial charge in [0.05, 0.1) is 23.9 Å². The van der Waals surface area contributed by atoms with Crippen molar-refractivity contribution in [3.8, 4) is 11.3 Å². The number of nitrogens with one attached hydrogen (secondary N) is 2. The number of hydrogen-bond acceptors (Lipinski definition) is 8. The molecule has 10 heteroatoms. The highest BCUT2D eigenvalue weighted by molar-refractivity contribution is 5.88. The van der Waals surface area contributed by atoms with Crippen molar-refractivity contribution in [2.45, 2.75) is 6.10 Å². The van der Waals surface area contributed by atoms with Crippen LogP contribution in [0.25, 0.3) is 22.3 Å². The van der Waals surface area contributed by atoms with Crippen molar-refractivity contribution in [1.82, 2.24) is 25.2 Å². The van der Waals surface area contributed by atoms with E-state index in [1.54, 1.807) is 17.3 Å². The summed E-state index contributed by atoms with van der Waals surface area (Å²) in [5.41, 5.74) is 4.35. The van der Waals surface area contributed by atoms with E-state index in [4.69, 9.17) is 9.72 Å². The van der Waals surface area contributed by atoms with Gasteiger partial charge in [0.15, 0.2) is 12.5 Å². The summed E-state index contributed by atoms with van der Waals surface area (Å²) in [5.74, 6) is 0.253. The Balaban J connectivity index is 1.33. The largest absolute Gasteiger partial charge is 0.374 e. The first-order valence-corrected chi connectivity index (χ1v) is 11.6. The fraction of sp³-hybridized carbons (Fsp3) is 0.417. The number of halogens is 1. The zero-order valence-electron chi connectivity index (χ0n) is 18.9. The number of aromatic nitrogens is 3. The number of pyridine rings is 1. The molecule has 4 heterocycles. The molecule has 1 aromatic carbocycles. The van der Waals surface area contributed by atoms with Crippen LogP contribution in [0, 0.1) is 0 Å². The van der Waals surface area contributed by atoms with Crippen molar-refractivity contribution in [3.05, 3.63) is 42.7 Å². The monoisotopic (exact) mass is 465 g/mol. The Hall–Kier alpha value is -3.37. The predicted octanol–water partition coefficient (Wildman–Crippen LogP) is 1.71. The smallest absolute Gasteiger partial charge is 0.254 e. The lowest BCUT2D eigenvalue weighted by Crippen LogP contribution is -2.49. The number of piperazine rings is 1. The SMILES string of the molecule is O=C(CF)N1CCN(c2ccc(-c3cc4nccnc4c(NC[C@@H]4CNCCO4)n3)cc2)CC1. The molecule has 178 valence electrons. The Bertz CT molecular complexity index is 1130. The summed E-state index contributed by atoms with van der Waals surface area (Å²) in [7, 11) is 0. The maximum Gasteiger partial charge on any atom is 0.254 e. The van der Waals surface area contributed by atoms with Crippen LogP contribution in [0.5, 0.6) is 0 Å². The number of carbonyl (C=O) groups excluding carboxylic acids is 1. The molecule has 2 saturated heterocycles. The van der Waals surface area contributed by atoms with E-state index in [2.05, 4.69) is 37.6 Å². The maximum atomic E-state index is 12.6. The van der Waals surface area contributed by atoms with Gasteiger partial charge in [-0.15, -0.1) is 0 Å². The molecule has 2 aromatic heterocycles. The summed E-state index contributed by atoms with van der Waals surface area (Å²) in [6, 6.07) is 10.1. The van der Waals surface area contributed by atoms with Gasteiger partial charge in [-0.25, -0.2) is 14.4 Å². The standard InChI is InChI=1S/C24H28FN7O2/c25-14-22(33)32-10-8-31(9-11-32)18-3-1-17(2-4-18)20-13-21-23(28-6-5-27-21)24(30-20)29-16-19-15-26-7-12-34-19/h1-6,13,19,26H,7-12,14-16H2,(H,29,30)/t19-/m0/s1. The molecule has 5 rings (SSSR count). The first kappa shape index (κ1) is 22.4. The van der Waals surface area contributed by atoms with E-state index < -0.39 is 12.6 Å². The second kappa shape index (κ2) is 10.3. The van der Waals surface area contributed by atoms with Gasteiger partial charge < -0.3 is 25.2 Å². The normalized spacial score (nSPS) is 18.8. The lowest BCUT2D eigenvalue weighted by atomic mass is 10.1. The molecule has 2 aliphatic heterocycles. The number of fused-ring (bicyclic) bond motifs is 1. The average Bonchev–Trinajstić information content (AvgIpc) is 2.92. The first-order valence-electron chi connectivity index (χ1n) is 11.6. The molecule has 0 aliphatic carbocycles. The second-order valence-electron chi connectivity index (χ2n) is 8.41. The van der Waals surface area contributed by atoms with Crippen LogP contribution >= 0.6 is 0 Å². The molecule has 0 spiro atoms. The highest BCUT2D eigenvalue weighted by Gasteiger charge is 2.21. The summed E-state index contributed by atoms with van der Waals surface area (Å²) in [4.78, 5) is 29.2. The second-order valence-corrected chi connectivity index (χ2v) is 8.41. The van der Waals surface area contributed by atoms with E-state index in [0.717, 1.165) is 41.1 Å². The fourth-order valence-corrected chi connectivity index (χ4v) is 4.35. The van der Waals surface area contributed by atoms with Crippen LogP contribution in [-0.4, -0.2) is 91.0 Å². The quantitative estimate of drug-likeness (QED) is 0.568. The minimum Gasteiger partial charge on any atom is -0.374 e. The van der Waals surface area contributed by atoms with Crippen LogP contribution in [0.3, 0.4) is 0 Å². The molecular weight excluding hydrogens is 437 g/mol. The maximum absolute atomic E-state index is 12.6. The summed E-state index contributed by atoms with van der Waals surface area (Å²) in [6.45, 7) is 4.50. The van der Waals surface area contributed by atoms with E-state index in [1.165, 1.54) is 0 Å². The van der Waals surface area contributed by atoms with Crippen LogP contribution in [0.1, 0.15) is 0 Å². The Morgan fingerprint density at radius 1 is 1.15 bits per heavy atom. The minimum absolute atomic E-state index is 0.0749. The molecule has 9 nitrogen and oxygen atoms in total. The van der Waals surface area contributed by atoms with E-state index in [9.17, 15) is 9.18 Å². The van der Waals surface area contributed by atoms with Gasteiger partial charge in [-0.1, -0.05) is 12.1 Å². The highest BCUT2D eigenvalue weighted by Crippen LogP contribution is 2.27. The Morgan fingerprint density at radius 3 is 2.68 bits per heavy atom. The summed E-state index contributed by atoms with van der Waals surface area (Å²) in [6.07, 6.45) is 3.43. The lowest BCUT2D eigenvalue weighted by molar-refractivity contribution is -0.132. The first-order chi connectivity index (χ1) is 16.7. The summed E-state index contributed by atoms with van der Waals surface area (Å²) >= 11 is 0. The van der Waals surface area contributed by atoms with Crippen LogP contribution in [0.4, 0.5) is 15.9 Å². The van der Waals surface area contributed by atoms with Crippen molar-refractivity contribution < 1.29 is 13.9 Å². The third-order valence-corrected chi connectivity index (χ3v) is 6.23. The third-order valence-electron chi connectivity index (χ3n) is 6.23. The molecule has 2 N–H and O–H groups in total. The lowest BCUT2D eigenvalue weighted by Gasteiger charge is -2.35. The predicted molar refractivity (Wildman–Crippen MR) is 129 cm³/mol. The van der Waals surface area contributed by atoms with Gasteiger partial charge in [-0.2, -0.15) is 0 Å².